The van der Waals surface area contributed by atoms with Gasteiger partial charge in [-0.05, 0) is 35.5 Å². The molecular weight excluding hydrogens is 583 g/mol. The summed E-state index contributed by atoms with van der Waals surface area (Å²) in [6.45, 7) is 2.92. The average molecular weight is 603 g/mol. The third-order valence-electron chi connectivity index (χ3n) is 6.64. The first-order chi connectivity index (χ1) is 15.8. The number of benzene rings is 4. The number of nitrogens with zero attached hydrogens (tertiary/aromatic N) is 3. The van der Waals surface area contributed by atoms with Crippen LogP contribution in [0.15, 0.2) is 91.1 Å². The summed E-state index contributed by atoms with van der Waals surface area (Å²) in [4.78, 5) is 0. The minimum atomic E-state index is 0. The maximum absolute atomic E-state index is 4.66. The van der Waals surface area contributed by atoms with Crippen LogP contribution >= 0.6 is 0 Å². The van der Waals surface area contributed by atoms with E-state index in [2.05, 4.69) is 108 Å². The summed E-state index contributed by atoms with van der Waals surface area (Å²) in [6.07, 6.45) is 1.95. The first-order valence-corrected chi connectivity index (χ1v) is 10.9. The van der Waals surface area contributed by atoms with Gasteiger partial charge in [-0.15, -0.1) is 10.9 Å². The predicted molar refractivity (Wildman–Crippen MR) is 132 cm³/mol. The molecule has 33 heavy (non-hydrogen) atoms. The van der Waals surface area contributed by atoms with E-state index < -0.39 is 0 Å². The van der Waals surface area contributed by atoms with E-state index in [0.29, 0.717) is 0 Å². The predicted octanol–water partition coefficient (Wildman–Crippen LogP) is 6.90. The summed E-state index contributed by atoms with van der Waals surface area (Å²) in [5, 5.41) is 10.9. The minimum Gasteiger partial charge on any atom is -0.348 e. The van der Waals surface area contributed by atoms with Crippen molar-refractivity contribution in [2.45, 2.75) is 13.5 Å². The van der Waals surface area contributed by atoms with E-state index >= 15 is 0 Å². The van der Waals surface area contributed by atoms with Gasteiger partial charge in [0.05, 0.1) is 11.7 Å². The Labute approximate surface area is 204 Å². The van der Waals surface area contributed by atoms with Crippen molar-refractivity contribution >= 4 is 49.0 Å². The fraction of sp³-hybridized carbons (Fsp3) is 0.0690. The van der Waals surface area contributed by atoms with Gasteiger partial charge in [-0.1, -0.05) is 66.0 Å². The van der Waals surface area contributed by atoms with Crippen LogP contribution in [0.4, 0.5) is 0 Å². The molecule has 0 atom stereocenters. The van der Waals surface area contributed by atoms with Crippen LogP contribution in [0.1, 0.15) is 11.1 Å². The van der Waals surface area contributed by atoms with Crippen molar-refractivity contribution in [3.63, 3.8) is 0 Å². The van der Waals surface area contributed by atoms with Crippen LogP contribution in [-0.2, 0) is 26.7 Å². The van der Waals surface area contributed by atoms with Crippen LogP contribution in [0.3, 0.4) is 0 Å². The summed E-state index contributed by atoms with van der Waals surface area (Å²) in [5.41, 5.74) is 7.13. The summed E-state index contributed by atoms with van der Waals surface area (Å²) in [6, 6.07) is 33.9. The molecule has 1 radical (unpaired) electrons. The SMILES string of the molecule is Cc1cnn2c3[c-]cc(Cn4c5ccccc5c5ccccc54)cc3c3ccccc3c12.[Ir]. The van der Waals surface area contributed by atoms with Crippen molar-refractivity contribution in [1.82, 2.24) is 14.2 Å². The second-order valence-corrected chi connectivity index (χ2v) is 8.52. The second kappa shape index (κ2) is 7.55. The van der Waals surface area contributed by atoms with Gasteiger partial charge in [0, 0.05) is 48.5 Å². The van der Waals surface area contributed by atoms with E-state index in [4.69, 9.17) is 0 Å². The minimum absolute atomic E-state index is 0. The summed E-state index contributed by atoms with van der Waals surface area (Å²) in [7, 11) is 0. The van der Waals surface area contributed by atoms with Crippen LogP contribution in [-0.4, -0.2) is 14.2 Å². The number of hydrogen-bond donors (Lipinski definition) is 0. The normalized spacial score (nSPS) is 11.7. The molecule has 0 aliphatic heterocycles. The van der Waals surface area contributed by atoms with Crippen LogP contribution in [0.5, 0.6) is 0 Å². The van der Waals surface area contributed by atoms with Crippen molar-refractivity contribution in [1.29, 1.82) is 0 Å². The van der Waals surface area contributed by atoms with Gasteiger partial charge in [0.1, 0.15) is 0 Å². The molecule has 0 amide bonds. The second-order valence-electron chi connectivity index (χ2n) is 8.52. The molecule has 0 aliphatic rings. The quantitative estimate of drug-likeness (QED) is 0.156. The molecule has 0 unspecified atom stereocenters. The average Bonchev–Trinajstić information content (AvgIpc) is 3.38. The van der Waals surface area contributed by atoms with Gasteiger partial charge in [0.25, 0.3) is 0 Å². The molecule has 7 aromatic rings. The molecule has 3 heterocycles. The van der Waals surface area contributed by atoms with E-state index in [1.165, 1.54) is 54.6 Å². The molecule has 3 aromatic heterocycles. The smallest absolute Gasteiger partial charge is 0.0740 e. The first-order valence-electron chi connectivity index (χ1n) is 10.9. The fourth-order valence-corrected chi connectivity index (χ4v) is 5.21. The van der Waals surface area contributed by atoms with Crippen molar-refractivity contribution in [3.8, 4) is 0 Å². The Bertz CT molecular complexity index is 1770. The van der Waals surface area contributed by atoms with E-state index in [0.717, 1.165) is 12.1 Å². The van der Waals surface area contributed by atoms with E-state index in [1.807, 2.05) is 10.7 Å². The zero-order chi connectivity index (χ0) is 21.2. The van der Waals surface area contributed by atoms with Gasteiger partial charge in [0.15, 0.2) is 0 Å². The van der Waals surface area contributed by atoms with Crippen LogP contribution in [0, 0.1) is 13.0 Å². The number of hydrogen-bond acceptors (Lipinski definition) is 1. The maximum atomic E-state index is 4.66. The molecule has 161 valence electrons. The molecule has 0 saturated heterocycles. The number of pyridine rings is 1. The molecule has 3 nitrogen and oxygen atoms in total. The van der Waals surface area contributed by atoms with E-state index in [-0.39, 0.29) is 20.1 Å². The monoisotopic (exact) mass is 603 g/mol. The van der Waals surface area contributed by atoms with Crippen LogP contribution < -0.4 is 0 Å². The van der Waals surface area contributed by atoms with Gasteiger partial charge in [0.2, 0.25) is 0 Å². The molecule has 0 saturated carbocycles. The summed E-state index contributed by atoms with van der Waals surface area (Å²) >= 11 is 0. The van der Waals surface area contributed by atoms with E-state index in [1.54, 1.807) is 0 Å². The fourth-order valence-electron chi connectivity index (χ4n) is 5.21. The van der Waals surface area contributed by atoms with Crippen molar-refractivity contribution < 1.29 is 20.1 Å². The zero-order valence-electron chi connectivity index (χ0n) is 18.0. The zero-order valence-corrected chi connectivity index (χ0v) is 20.4. The molecule has 0 aliphatic carbocycles. The topological polar surface area (TPSA) is 22.2 Å². The molecule has 0 fully saturated rings. The van der Waals surface area contributed by atoms with Gasteiger partial charge in [-0.25, -0.2) is 0 Å². The van der Waals surface area contributed by atoms with Gasteiger partial charge in [-0.2, -0.15) is 23.3 Å². The Morgan fingerprint density at radius 3 is 2.06 bits per heavy atom. The molecule has 0 spiro atoms. The maximum Gasteiger partial charge on any atom is 0.0740 e. The Morgan fingerprint density at radius 1 is 0.758 bits per heavy atom. The van der Waals surface area contributed by atoms with E-state index in [9.17, 15) is 0 Å². The Balaban J connectivity index is 0.00000206. The molecule has 0 bridgehead atoms. The Kier molecular flexibility index (Phi) is 4.61. The van der Waals surface area contributed by atoms with Gasteiger partial charge < -0.3 is 4.57 Å². The number of aromatic nitrogens is 3. The number of aryl methyl sites for hydroxylation is 1. The first kappa shape index (κ1) is 20.2. The van der Waals surface area contributed by atoms with Crippen molar-refractivity contribution in [2.24, 2.45) is 0 Å². The Morgan fingerprint density at radius 2 is 1.36 bits per heavy atom. The van der Waals surface area contributed by atoms with Crippen LogP contribution in [0.2, 0.25) is 0 Å². The molecule has 4 aromatic carbocycles. The third-order valence-corrected chi connectivity index (χ3v) is 6.64. The summed E-state index contributed by atoms with van der Waals surface area (Å²) in [5.74, 6) is 0. The molecule has 4 heteroatoms. The number of rotatable bonds is 2. The van der Waals surface area contributed by atoms with Gasteiger partial charge in [-0.3, -0.25) is 4.52 Å². The Hall–Kier alpha value is -3.46. The molecule has 0 N–H and O–H groups in total. The summed E-state index contributed by atoms with van der Waals surface area (Å²) < 4.78 is 4.45. The molecule has 7 rings (SSSR count). The number of fused-ring (bicyclic) bond motifs is 9. The largest absolute Gasteiger partial charge is 0.348 e. The van der Waals surface area contributed by atoms with Crippen LogP contribution in [0.25, 0.3) is 49.0 Å². The standard InChI is InChI=1S/C29H20N3.Ir/c1-19-17-30-32-28-15-14-20(16-25(28)21-8-2-3-11-24(21)29(19)32)18-31-26-12-6-4-9-22(26)23-10-5-7-13-27(23)31;/h2-14,16-17H,18H2,1H3;/q-1;. The third kappa shape index (κ3) is 2.88. The van der Waals surface area contributed by atoms with Crippen molar-refractivity contribution in [2.75, 3.05) is 0 Å². The number of para-hydroxylation sites is 2. The van der Waals surface area contributed by atoms with Crippen molar-refractivity contribution in [3.05, 3.63) is 108 Å². The van der Waals surface area contributed by atoms with Gasteiger partial charge >= 0.3 is 0 Å². The molecular formula is C29H20IrN3-.